The summed E-state index contributed by atoms with van der Waals surface area (Å²) in [6.07, 6.45) is 1.77. The first-order valence-electron chi connectivity index (χ1n) is 8.12. The van der Waals surface area contributed by atoms with Crippen LogP contribution in [0.25, 0.3) is 0 Å². The lowest BCUT2D eigenvalue weighted by atomic mass is 9.97. The van der Waals surface area contributed by atoms with Gasteiger partial charge in [-0.2, -0.15) is 5.10 Å². The van der Waals surface area contributed by atoms with E-state index in [2.05, 4.69) is 5.10 Å². The molecule has 26 heavy (non-hydrogen) atoms. The molecule has 1 amide bonds. The van der Waals surface area contributed by atoms with Gasteiger partial charge in [0.05, 0.1) is 18.0 Å². The van der Waals surface area contributed by atoms with E-state index in [0.717, 1.165) is 0 Å². The van der Waals surface area contributed by atoms with Crippen LogP contribution in [0.15, 0.2) is 76.4 Å². The molecule has 6 heteroatoms. The minimum absolute atomic E-state index is 0.0745. The molecule has 1 N–H and O–H groups in total. The van der Waals surface area contributed by atoms with Gasteiger partial charge < -0.3 is 9.52 Å². The minimum Gasteiger partial charge on any atom is -0.508 e. The molecule has 1 atom stereocenters. The van der Waals surface area contributed by atoms with Gasteiger partial charge in [0.15, 0.2) is 5.76 Å². The van der Waals surface area contributed by atoms with Crippen LogP contribution in [0.2, 0.25) is 0 Å². The Hall–Kier alpha value is -3.41. The Kier molecular flexibility index (Phi) is 4.01. The number of amides is 1. The molecule has 0 unspecified atom stereocenters. The summed E-state index contributed by atoms with van der Waals surface area (Å²) in [5.41, 5.74) is 1.74. The van der Waals surface area contributed by atoms with Crippen molar-refractivity contribution in [2.75, 3.05) is 0 Å². The second-order valence-electron chi connectivity index (χ2n) is 5.96. The molecule has 4 rings (SSSR count). The van der Waals surface area contributed by atoms with Crippen LogP contribution in [-0.4, -0.2) is 21.7 Å². The fraction of sp³-hybridized carbons (Fsp3) is 0.100. The first kappa shape index (κ1) is 16.1. The van der Waals surface area contributed by atoms with E-state index in [1.165, 1.54) is 23.4 Å². The lowest BCUT2D eigenvalue weighted by Crippen LogP contribution is -2.26. The zero-order chi connectivity index (χ0) is 18.1. The van der Waals surface area contributed by atoms with E-state index in [0.29, 0.717) is 23.3 Å². The van der Waals surface area contributed by atoms with Crippen molar-refractivity contribution in [3.05, 3.63) is 89.6 Å². The Balaban J connectivity index is 1.76. The average Bonchev–Trinajstić information content (AvgIpc) is 3.32. The summed E-state index contributed by atoms with van der Waals surface area (Å²) in [5, 5.41) is 15.9. The van der Waals surface area contributed by atoms with Gasteiger partial charge in [-0.1, -0.05) is 30.3 Å². The topological polar surface area (TPSA) is 66.0 Å². The second kappa shape index (κ2) is 6.48. The normalized spacial score (nSPS) is 16.6. The molecule has 1 aromatic heterocycles. The number of nitrogens with zero attached hydrogens (tertiary/aromatic N) is 2. The van der Waals surface area contributed by atoms with Crippen LogP contribution in [0, 0.1) is 5.82 Å². The summed E-state index contributed by atoms with van der Waals surface area (Å²) < 4.78 is 18.8. The predicted molar refractivity (Wildman–Crippen MR) is 93.3 cm³/mol. The van der Waals surface area contributed by atoms with E-state index in [1.54, 1.807) is 48.5 Å². The van der Waals surface area contributed by atoms with Gasteiger partial charge in [-0.25, -0.2) is 9.40 Å². The van der Waals surface area contributed by atoms with Crippen molar-refractivity contribution >= 4 is 11.6 Å². The molecule has 1 aliphatic heterocycles. The van der Waals surface area contributed by atoms with E-state index in [1.807, 2.05) is 0 Å². The highest BCUT2D eigenvalue weighted by Gasteiger charge is 2.36. The summed E-state index contributed by atoms with van der Waals surface area (Å²) in [6.45, 7) is 0. The third kappa shape index (κ3) is 2.86. The number of hydrazone groups is 1. The van der Waals surface area contributed by atoms with E-state index >= 15 is 0 Å². The molecule has 3 aromatic rings. The number of rotatable bonds is 3. The number of furan rings is 1. The van der Waals surface area contributed by atoms with Crippen molar-refractivity contribution in [2.45, 2.75) is 12.5 Å². The number of carbonyl (C=O) groups is 1. The molecule has 0 saturated heterocycles. The smallest absolute Gasteiger partial charge is 0.310 e. The maximum Gasteiger partial charge on any atom is 0.310 e. The molecule has 0 saturated carbocycles. The highest BCUT2D eigenvalue weighted by Crippen LogP contribution is 2.37. The van der Waals surface area contributed by atoms with Crippen molar-refractivity contribution in [1.82, 2.24) is 5.01 Å². The second-order valence-corrected chi connectivity index (χ2v) is 5.96. The largest absolute Gasteiger partial charge is 0.508 e. The first-order valence-corrected chi connectivity index (χ1v) is 8.12. The lowest BCUT2D eigenvalue weighted by Gasteiger charge is -2.21. The number of para-hydroxylation sites is 1. The third-order valence-corrected chi connectivity index (χ3v) is 4.30. The standard InChI is InChI=1S/C20H15FN2O3/c21-14-6-3-5-13(11-14)16-12-17(15-7-1-2-8-18(15)24)23(22-16)20(25)19-9-4-10-26-19/h1-11,17,24H,12H2/t17-/m1/s1. The predicted octanol–water partition coefficient (Wildman–Crippen LogP) is 4.12. The molecule has 0 bridgehead atoms. The van der Waals surface area contributed by atoms with Crippen LogP contribution in [0.3, 0.4) is 0 Å². The number of phenols is 1. The van der Waals surface area contributed by atoms with Gasteiger partial charge in [0.2, 0.25) is 0 Å². The Morgan fingerprint density at radius 1 is 1.15 bits per heavy atom. The van der Waals surface area contributed by atoms with Gasteiger partial charge >= 0.3 is 5.91 Å². The number of phenolic OH excluding ortho intramolecular Hbond substituents is 1. The monoisotopic (exact) mass is 350 g/mol. The van der Waals surface area contributed by atoms with Gasteiger partial charge in [-0.15, -0.1) is 0 Å². The maximum atomic E-state index is 13.6. The highest BCUT2D eigenvalue weighted by molar-refractivity contribution is 6.04. The first-order chi connectivity index (χ1) is 12.6. The molecule has 1 aliphatic rings. The number of hydrogen-bond donors (Lipinski definition) is 1. The van der Waals surface area contributed by atoms with E-state index in [-0.39, 0.29) is 17.3 Å². The minimum atomic E-state index is -0.507. The molecule has 5 nitrogen and oxygen atoms in total. The van der Waals surface area contributed by atoms with Crippen molar-refractivity contribution in [2.24, 2.45) is 5.10 Å². The Morgan fingerprint density at radius 3 is 2.73 bits per heavy atom. The SMILES string of the molecule is O=C(c1ccco1)N1N=C(c2cccc(F)c2)C[C@@H]1c1ccccc1O. The number of hydrogen-bond acceptors (Lipinski definition) is 4. The zero-order valence-corrected chi connectivity index (χ0v) is 13.7. The van der Waals surface area contributed by atoms with Crippen LogP contribution in [0.1, 0.15) is 34.1 Å². The molecule has 0 fully saturated rings. The van der Waals surface area contributed by atoms with Crippen LogP contribution >= 0.6 is 0 Å². The number of aromatic hydroxyl groups is 1. The van der Waals surface area contributed by atoms with Gasteiger partial charge in [-0.05, 0) is 30.3 Å². The van der Waals surface area contributed by atoms with E-state index < -0.39 is 11.9 Å². The Morgan fingerprint density at radius 2 is 2.00 bits per heavy atom. The molecule has 130 valence electrons. The van der Waals surface area contributed by atoms with E-state index in [9.17, 15) is 14.3 Å². The Bertz CT molecular complexity index is 982. The molecular formula is C20H15FN2O3. The van der Waals surface area contributed by atoms with Crippen LogP contribution in [0.4, 0.5) is 4.39 Å². The molecular weight excluding hydrogens is 335 g/mol. The molecule has 2 aromatic carbocycles. The van der Waals surface area contributed by atoms with Crippen molar-refractivity contribution < 1.29 is 18.7 Å². The summed E-state index contributed by atoms with van der Waals surface area (Å²) >= 11 is 0. The molecule has 2 heterocycles. The summed E-state index contributed by atoms with van der Waals surface area (Å²) in [4.78, 5) is 12.8. The number of halogens is 1. The summed E-state index contributed by atoms with van der Waals surface area (Å²) in [5.74, 6) is -0.574. The average molecular weight is 350 g/mol. The number of benzene rings is 2. The van der Waals surface area contributed by atoms with Crippen molar-refractivity contribution in [3.63, 3.8) is 0 Å². The molecule has 0 spiro atoms. The van der Waals surface area contributed by atoms with E-state index in [4.69, 9.17) is 4.42 Å². The molecule has 0 radical (unpaired) electrons. The van der Waals surface area contributed by atoms with Gasteiger partial charge in [0, 0.05) is 17.5 Å². The lowest BCUT2D eigenvalue weighted by molar-refractivity contribution is 0.0677. The number of carbonyl (C=O) groups excluding carboxylic acids is 1. The third-order valence-electron chi connectivity index (χ3n) is 4.30. The van der Waals surface area contributed by atoms with Crippen LogP contribution < -0.4 is 0 Å². The van der Waals surface area contributed by atoms with Crippen molar-refractivity contribution in [1.29, 1.82) is 0 Å². The molecule has 0 aliphatic carbocycles. The maximum absolute atomic E-state index is 13.6. The van der Waals surface area contributed by atoms with Gasteiger partial charge in [0.1, 0.15) is 11.6 Å². The summed E-state index contributed by atoms with van der Waals surface area (Å²) in [7, 11) is 0. The zero-order valence-electron chi connectivity index (χ0n) is 13.7. The Labute approximate surface area is 149 Å². The fourth-order valence-corrected chi connectivity index (χ4v) is 3.06. The van der Waals surface area contributed by atoms with Crippen LogP contribution in [0.5, 0.6) is 5.75 Å². The van der Waals surface area contributed by atoms with Crippen LogP contribution in [-0.2, 0) is 0 Å². The highest BCUT2D eigenvalue weighted by atomic mass is 19.1. The quantitative estimate of drug-likeness (QED) is 0.773. The summed E-state index contributed by atoms with van der Waals surface area (Å²) in [6, 6.07) is 15.5. The fourth-order valence-electron chi connectivity index (χ4n) is 3.06. The van der Waals surface area contributed by atoms with Gasteiger partial charge in [0.25, 0.3) is 0 Å². The van der Waals surface area contributed by atoms with Gasteiger partial charge in [-0.3, -0.25) is 4.79 Å². The van der Waals surface area contributed by atoms with Crippen molar-refractivity contribution in [3.8, 4) is 5.75 Å².